The molecule has 17 heavy (non-hydrogen) atoms. The predicted molar refractivity (Wildman–Crippen MR) is 70.4 cm³/mol. The van der Waals surface area contributed by atoms with E-state index in [4.69, 9.17) is 15.7 Å². The van der Waals surface area contributed by atoms with Crippen molar-refractivity contribution >= 4 is 5.84 Å². The summed E-state index contributed by atoms with van der Waals surface area (Å²) in [7, 11) is 2.09. The zero-order chi connectivity index (χ0) is 13.4. The van der Waals surface area contributed by atoms with Crippen LogP contribution in [0.1, 0.15) is 34.1 Å². The summed E-state index contributed by atoms with van der Waals surface area (Å²) in [5.74, 6) is 0.812. The Labute approximate surface area is 105 Å². The summed E-state index contributed by atoms with van der Waals surface area (Å²) in [5, 5.41) is 11.4. The highest BCUT2D eigenvalue weighted by Gasteiger charge is 2.12. The lowest BCUT2D eigenvalue weighted by molar-refractivity contribution is 0.0767. The predicted octanol–water partition coefficient (Wildman–Crippen LogP) is 1.50. The number of nitrogens with two attached hydrogens (primary N) is 1. The molecule has 5 heteroatoms. The highest BCUT2D eigenvalue weighted by Crippen LogP contribution is 2.09. The van der Waals surface area contributed by atoms with Gasteiger partial charge in [-0.2, -0.15) is 0 Å². The molecular weight excluding hydrogens is 218 g/mol. The number of nitrogens with zero attached hydrogens (tertiary/aromatic N) is 2. The third-order valence-corrected chi connectivity index (χ3v) is 2.91. The molecule has 0 aliphatic heterocycles. The van der Waals surface area contributed by atoms with E-state index in [1.54, 1.807) is 6.92 Å². The summed E-state index contributed by atoms with van der Waals surface area (Å²) in [5.41, 5.74) is 5.42. The molecule has 0 saturated carbocycles. The second-order valence-electron chi connectivity index (χ2n) is 5.00. The van der Waals surface area contributed by atoms with Crippen LogP contribution in [0.2, 0.25) is 0 Å². The molecular formula is C12H27N3O2. The summed E-state index contributed by atoms with van der Waals surface area (Å²) in [6, 6.07) is 0.540. The van der Waals surface area contributed by atoms with Crippen LogP contribution in [0.3, 0.4) is 0 Å². The molecule has 0 bridgehead atoms. The van der Waals surface area contributed by atoms with Crippen molar-refractivity contribution in [2.45, 2.75) is 46.3 Å². The third kappa shape index (κ3) is 7.18. The second kappa shape index (κ2) is 8.31. The Bertz CT molecular complexity index is 232. The van der Waals surface area contributed by atoms with Crippen molar-refractivity contribution < 1.29 is 9.94 Å². The van der Waals surface area contributed by atoms with Crippen LogP contribution in [0.4, 0.5) is 0 Å². The van der Waals surface area contributed by atoms with E-state index in [0.29, 0.717) is 18.6 Å². The summed E-state index contributed by atoms with van der Waals surface area (Å²) in [6.07, 6.45) is 0.834. The van der Waals surface area contributed by atoms with Gasteiger partial charge in [-0.05, 0) is 33.2 Å². The molecule has 2 atom stereocenters. The average Bonchev–Trinajstić information content (AvgIpc) is 2.26. The minimum absolute atomic E-state index is 0.114. The first kappa shape index (κ1) is 16.2. The normalized spacial score (nSPS) is 16.5. The largest absolute Gasteiger partial charge is 0.409 e. The van der Waals surface area contributed by atoms with Crippen LogP contribution in [-0.2, 0) is 4.74 Å². The van der Waals surface area contributed by atoms with Crippen molar-refractivity contribution in [2.24, 2.45) is 16.8 Å². The van der Waals surface area contributed by atoms with Crippen LogP contribution < -0.4 is 5.73 Å². The van der Waals surface area contributed by atoms with Gasteiger partial charge in [0.25, 0.3) is 0 Å². The fourth-order valence-corrected chi connectivity index (χ4v) is 1.62. The zero-order valence-electron chi connectivity index (χ0n) is 11.7. The third-order valence-electron chi connectivity index (χ3n) is 2.91. The highest BCUT2D eigenvalue weighted by molar-refractivity contribution is 5.83. The van der Waals surface area contributed by atoms with E-state index >= 15 is 0 Å². The summed E-state index contributed by atoms with van der Waals surface area (Å²) < 4.78 is 5.46. The van der Waals surface area contributed by atoms with Crippen LogP contribution >= 0.6 is 0 Å². The monoisotopic (exact) mass is 245 g/mol. The average molecular weight is 245 g/mol. The maximum atomic E-state index is 8.47. The quantitative estimate of drug-likeness (QED) is 0.294. The minimum Gasteiger partial charge on any atom is -0.409 e. The molecule has 0 saturated heterocycles. The molecule has 0 spiro atoms. The summed E-state index contributed by atoms with van der Waals surface area (Å²) in [4.78, 5) is 2.26. The molecule has 5 nitrogen and oxygen atoms in total. The van der Waals surface area contributed by atoms with Crippen LogP contribution in [0.15, 0.2) is 5.16 Å². The van der Waals surface area contributed by atoms with Gasteiger partial charge >= 0.3 is 0 Å². The van der Waals surface area contributed by atoms with E-state index in [1.807, 2.05) is 0 Å². The fourth-order valence-electron chi connectivity index (χ4n) is 1.62. The number of hydrogen-bond donors (Lipinski definition) is 2. The molecule has 0 heterocycles. The molecule has 0 radical (unpaired) electrons. The van der Waals surface area contributed by atoms with Crippen LogP contribution in [0, 0.1) is 5.92 Å². The van der Waals surface area contributed by atoms with Crippen molar-refractivity contribution in [3.05, 3.63) is 0 Å². The minimum atomic E-state index is -0.339. The van der Waals surface area contributed by atoms with Crippen molar-refractivity contribution in [3.63, 3.8) is 0 Å². The number of likely N-dealkylation sites (N-methyl/N-ethyl adjacent to an activating group) is 1. The Balaban J connectivity index is 3.81. The van der Waals surface area contributed by atoms with Crippen LogP contribution in [0.5, 0.6) is 0 Å². The van der Waals surface area contributed by atoms with Gasteiger partial charge in [0.15, 0.2) is 5.84 Å². The van der Waals surface area contributed by atoms with E-state index in [1.165, 1.54) is 6.42 Å². The second-order valence-corrected chi connectivity index (χ2v) is 5.00. The lowest BCUT2D eigenvalue weighted by atomic mass is 10.0. The molecule has 2 unspecified atom stereocenters. The van der Waals surface area contributed by atoms with Gasteiger partial charge in [0.1, 0.15) is 6.10 Å². The topological polar surface area (TPSA) is 71.1 Å². The molecule has 0 aliphatic rings. The van der Waals surface area contributed by atoms with Crippen LogP contribution in [-0.4, -0.2) is 48.3 Å². The SMILES string of the molecule is CC(C)CC(C)N(C)CCOC(C)C(N)=NO. The Kier molecular flexibility index (Phi) is 7.91. The molecule has 0 aromatic rings. The molecule has 0 aromatic carbocycles. The maximum Gasteiger partial charge on any atom is 0.168 e. The van der Waals surface area contributed by atoms with Gasteiger partial charge in [0.05, 0.1) is 6.61 Å². The molecule has 3 N–H and O–H groups in total. The first-order valence-electron chi connectivity index (χ1n) is 6.17. The smallest absolute Gasteiger partial charge is 0.168 e. The van der Waals surface area contributed by atoms with Gasteiger partial charge in [-0.1, -0.05) is 19.0 Å². The number of hydrogen-bond acceptors (Lipinski definition) is 4. The molecule has 0 amide bonds. The van der Waals surface area contributed by atoms with Crippen molar-refractivity contribution in [3.8, 4) is 0 Å². The lowest BCUT2D eigenvalue weighted by Gasteiger charge is -2.26. The van der Waals surface area contributed by atoms with E-state index in [9.17, 15) is 0 Å². The molecule has 0 fully saturated rings. The molecule has 0 aliphatic carbocycles. The van der Waals surface area contributed by atoms with Gasteiger partial charge < -0.3 is 20.6 Å². The molecule has 0 rings (SSSR count). The number of ether oxygens (including phenoxy) is 1. The Morgan fingerprint density at radius 1 is 1.35 bits per heavy atom. The van der Waals surface area contributed by atoms with Gasteiger partial charge in [-0.25, -0.2) is 0 Å². The van der Waals surface area contributed by atoms with Gasteiger partial charge in [-0.15, -0.1) is 0 Å². The van der Waals surface area contributed by atoms with Crippen molar-refractivity contribution in [1.29, 1.82) is 0 Å². The molecule has 102 valence electrons. The molecule has 0 aromatic heterocycles. The van der Waals surface area contributed by atoms with Crippen molar-refractivity contribution in [2.75, 3.05) is 20.2 Å². The van der Waals surface area contributed by atoms with E-state index in [0.717, 1.165) is 6.54 Å². The number of rotatable bonds is 8. The first-order chi connectivity index (χ1) is 7.88. The van der Waals surface area contributed by atoms with Gasteiger partial charge in [0, 0.05) is 12.6 Å². The Morgan fingerprint density at radius 2 is 1.94 bits per heavy atom. The Hall–Kier alpha value is -0.810. The van der Waals surface area contributed by atoms with Gasteiger partial charge in [0.2, 0.25) is 0 Å². The van der Waals surface area contributed by atoms with Gasteiger partial charge in [-0.3, -0.25) is 0 Å². The fraction of sp³-hybridized carbons (Fsp3) is 0.917. The van der Waals surface area contributed by atoms with E-state index in [2.05, 4.69) is 37.9 Å². The number of amidine groups is 1. The van der Waals surface area contributed by atoms with Crippen molar-refractivity contribution in [1.82, 2.24) is 4.90 Å². The maximum absolute atomic E-state index is 8.47. The highest BCUT2D eigenvalue weighted by atomic mass is 16.5. The number of oxime groups is 1. The van der Waals surface area contributed by atoms with E-state index in [-0.39, 0.29) is 11.9 Å². The standard InChI is InChI=1S/C12H27N3O2/c1-9(2)8-10(3)15(5)6-7-17-11(4)12(13)14-16/h9-11,16H,6-8H2,1-5H3,(H2,13,14). The zero-order valence-corrected chi connectivity index (χ0v) is 11.7. The summed E-state index contributed by atoms with van der Waals surface area (Å²) >= 11 is 0. The lowest BCUT2D eigenvalue weighted by Crippen LogP contribution is -2.35. The Morgan fingerprint density at radius 3 is 2.41 bits per heavy atom. The first-order valence-corrected chi connectivity index (χ1v) is 6.17. The summed E-state index contributed by atoms with van der Waals surface area (Å²) in [6.45, 7) is 9.86. The van der Waals surface area contributed by atoms with E-state index < -0.39 is 0 Å². The van der Waals surface area contributed by atoms with Crippen LogP contribution in [0.25, 0.3) is 0 Å².